The molecule has 27 heavy (non-hydrogen) atoms. The summed E-state index contributed by atoms with van der Waals surface area (Å²) in [4.78, 5) is 25.1. The SMILES string of the molecule is CC[NH+](CC(=O)Nc1ccc(F)cc1F)CC(=O)Nc1ccccc1OC. The van der Waals surface area contributed by atoms with E-state index in [1.165, 1.54) is 7.11 Å². The fourth-order valence-electron chi connectivity index (χ4n) is 2.49. The summed E-state index contributed by atoms with van der Waals surface area (Å²) < 4.78 is 31.7. The first-order chi connectivity index (χ1) is 12.9. The van der Waals surface area contributed by atoms with E-state index in [0.717, 1.165) is 12.1 Å². The van der Waals surface area contributed by atoms with Gasteiger partial charge in [0.1, 0.15) is 17.4 Å². The lowest BCUT2D eigenvalue weighted by Gasteiger charge is -2.17. The number of ether oxygens (including phenoxy) is 1. The summed E-state index contributed by atoms with van der Waals surface area (Å²) in [6.07, 6.45) is 0. The van der Waals surface area contributed by atoms with Crippen LogP contribution in [0.15, 0.2) is 42.5 Å². The molecule has 0 aliphatic heterocycles. The normalized spacial score (nSPS) is 11.6. The van der Waals surface area contributed by atoms with Gasteiger partial charge in [0.25, 0.3) is 11.8 Å². The second-order valence-electron chi connectivity index (χ2n) is 5.88. The van der Waals surface area contributed by atoms with E-state index in [2.05, 4.69) is 10.6 Å². The van der Waals surface area contributed by atoms with Crippen molar-refractivity contribution in [3.05, 3.63) is 54.1 Å². The zero-order valence-corrected chi connectivity index (χ0v) is 15.1. The average Bonchev–Trinajstić information content (AvgIpc) is 2.64. The Hall–Kier alpha value is -3.00. The molecule has 8 heteroatoms. The van der Waals surface area contributed by atoms with Crippen LogP contribution in [0.5, 0.6) is 5.75 Å². The molecule has 0 saturated carbocycles. The fourth-order valence-corrected chi connectivity index (χ4v) is 2.49. The van der Waals surface area contributed by atoms with Gasteiger partial charge in [0, 0.05) is 6.07 Å². The number of para-hydroxylation sites is 2. The second-order valence-corrected chi connectivity index (χ2v) is 5.88. The molecule has 2 rings (SSSR count). The van der Waals surface area contributed by atoms with E-state index in [1.807, 2.05) is 6.92 Å². The van der Waals surface area contributed by atoms with Crippen molar-refractivity contribution in [1.82, 2.24) is 0 Å². The molecule has 1 atom stereocenters. The molecule has 2 aromatic rings. The van der Waals surface area contributed by atoms with Gasteiger partial charge in [0.05, 0.1) is 25.0 Å². The molecule has 0 bridgehead atoms. The molecule has 144 valence electrons. The van der Waals surface area contributed by atoms with Gasteiger partial charge in [-0.1, -0.05) is 12.1 Å². The maximum Gasteiger partial charge on any atom is 0.279 e. The van der Waals surface area contributed by atoms with Crippen molar-refractivity contribution in [2.75, 3.05) is 37.4 Å². The summed E-state index contributed by atoms with van der Waals surface area (Å²) in [6, 6.07) is 9.91. The highest BCUT2D eigenvalue weighted by molar-refractivity contribution is 5.94. The lowest BCUT2D eigenvalue weighted by Crippen LogP contribution is -3.13. The molecule has 3 N–H and O–H groups in total. The third kappa shape index (κ3) is 6.03. The molecule has 0 aliphatic rings. The Morgan fingerprint density at radius 2 is 1.63 bits per heavy atom. The Balaban J connectivity index is 1.92. The van der Waals surface area contributed by atoms with Gasteiger partial charge in [-0.2, -0.15) is 0 Å². The molecule has 0 spiro atoms. The first kappa shape index (κ1) is 20.3. The Kier molecular flexibility index (Phi) is 7.25. The number of amides is 2. The maximum absolute atomic E-state index is 13.6. The first-order valence-electron chi connectivity index (χ1n) is 8.44. The molecule has 0 fully saturated rings. The second kappa shape index (κ2) is 9.63. The van der Waals surface area contributed by atoms with E-state index in [-0.39, 0.29) is 24.7 Å². The molecule has 2 aromatic carbocycles. The van der Waals surface area contributed by atoms with E-state index in [0.29, 0.717) is 28.9 Å². The van der Waals surface area contributed by atoms with E-state index in [4.69, 9.17) is 4.74 Å². The van der Waals surface area contributed by atoms with Gasteiger partial charge in [-0.25, -0.2) is 8.78 Å². The number of hydrogen-bond donors (Lipinski definition) is 3. The van der Waals surface area contributed by atoms with Gasteiger partial charge < -0.3 is 20.3 Å². The molecule has 0 aromatic heterocycles. The number of rotatable bonds is 8. The van der Waals surface area contributed by atoms with Crippen LogP contribution in [0.1, 0.15) is 6.92 Å². The number of likely N-dealkylation sites (N-methyl/N-ethyl adjacent to an activating group) is 1. The molecule has 1 unspecified atom stereocenters. The zero-order valence-electron chi connectivity index (χ0n) is 15.1. The lowest BCUT2D eigenvalue weighted by molar-refractivity contribution is -0.881. The van der Waals surface area contributed by atoms with Gasteiger partial charge in [-0.05, 0) is 31.2 Å². The van der Waals surface area contributed by atoms with Crippen LogP contribution in [0, 0.1) is 11.6 Å². The summed E-state index contributed by atoms with van der Waals surface area (Å²) in [5.74, 6) is -1.79. The predicted molar refractivity (Wildman–Crippen MR) is 97.8 cm³/mol. The number of quaternary nitrogens is 1. The lowest BCUT2D eigenvalue weighted by atomic mass is 10.3. The number of carbonyl (C=O) groups excluding carboxylic acids is 2. The predicted octanol–water partition coefficient (Wildman–Crippen LogP) is 1.46. The van der Waals surface area contributed by atoms with Crippen molar-refractivity contribution in [2.24, 2.45) is 0 Å². The molecule has 0 aliphatic carbocycles. The van der Waals surface area contributed by atoms with Crippen LogP contribution in [0.3, 0.4) is 0 Å². The highest BCUT2D eigenvalue weighted by Gasteiger charge is 2.18. The van der Waals surface area contributed by atoms with E-state index in [1.54, 1.807) is 24.3 Å². The number of benzene rings is 2. The Labute approximate surface area is 156 Å². The summed E-state index contributed by atoms with van der Waals surface area (Å²) in [6.45, 7) is 2.36. The van der Waals surface area contributed by atoms with E-state index in [9.17, 15) is 18.4 Å². The highest BCUT2D eigenvalue weighted by Crippen LogP contribution is 2.22. The van der Waals surface area contributed by atoms with Crippen LogP contribution in [0.25, 0.3) is 0 Å². The zero-order chi connectivity index (χ0) is 19.8. The monoisotopic (exact) mass is 378 g/mol. The molecule has 6 nitrogen and oxygen atoms in total. The average molecular weight is 378 g/mol. The van der Waals surface area contributed by atoms with Crippen molar-refractivity contribution in [2.45, 2.75) is 6.92 Å². The fraction of sp³-hybridized carbons (Fsp3) is 0.263. The van der Waals surface area contributed by atoms with Gasteiger partial charge in [0.2, 0.25) is 0 Å². The Morgan fingerprint density at radius 3 is 2.22 bits per heavy atom. The molecule has 0 saturated heterocycles. The summed E-state index contributed by atoms with van der Waals surface area (Å²) >= 11 is 0. The number of hydrogen-bond acceptors (Lipinski definition) is 3. The number of anilines is 2. The minimum Gasteiger partial charge on any atom is -0.495 e. The third-order valence-corrected chi connectivity index (χ3v) is 3.91. The van der Waals surface area contributed by atoms with Crippen LogP contribution >= 0.6 is 0 Å². The molecule has 0 radical (unpaired) electrons. The van der Waals surface area contributed by atoms with Crippen molar-refractivity contribution < 1.29 is 28.0 Å². The van der Waals surface area contributed by atoms with Crippen molar-refractivity contribution in [1.29, 1.82) is 0 Å². The number of carbonyl (C=O) groups is 2. The van der Waals surface area contributed by atoms with Gasteiger partial charge in [0.15, 0.2) is 13.1 Å². The van der Waals surface area contributed by atoms with Gasteiger partial charge >= 0.3 is 0 Å². The summed E-state index contributed by atoms with van der Waals surface area (Å²) in [7, 11) is 1.51. The Bertz CT molecular complexity index is 815. The topological polar surface area (TPSA) is 71.9 Å². The highest BCUT2D eigenvalue weighted by atomic mass is 19.1. The van der Waals surface area contributed by atoms with E-state index < -0.39 is 17.5 Å². The molecule has 0 heterocycles. The molecule has 2 amide bonds. The van der Waals surface area contributed by atoms with Crippen molar-refractivity contribution >= 4 is 23.2 Å². The van der Waals surface area contributed by atoms with Crippen LogP contribution in [-0.4, -0.2) is 38.6 Å². The van der Waals surface area contributed by atoms with Gasteiger partial charge in [-0.3, -0.25) is 9.59 Å². The van der Waals surface area contributed by atoms with E-state index >= 15 is 0 Å². The smallest absolute Gasteiger partial charge is 0.279 e. The standard InChI is InChI=1S/C19H21F2N3O3/c1-3-24(11-18(25)22-15-9-8-13(20)10-14(15)21)12-19(26)23-16-6-4-5-7-17(16)27-2/h4-10H,3,11-12H2,1-2H3,(H,22,25)(H,23,26)/p+1. The quantitative estimate of drug-likeness (QED) is 0.651. The number of halogens is 2. The van der Waals surface area contributed by atoms with Crippen molar-refractivity contribution in [3.8, 4) is 5.75 Å². The van der Waals surface area contributed by atoms with Crippen molar-refractivity contribution in [3.63, 3.8) is 0 Å². The van der Waals surface area contributed by atoms with Crippen LogP contribution in [0.2, 0.25) is 0 Å². The summed E-state index contributed by atoms with van der Waals surface area (Å²) in [5.41, 5.74) is 0.439. The molecular weight excluding hydrogens is 356 g/mol. The maximum atomic E-state index is 13.6. The minimum atomic E-state index is -0.852. The van der Waals surface area contributed by atoms with Crippen LogP contribution in [-0.2, 0) is 9.59 Å². The molecular formula is C19H22F2N3O3+. The Morgan fingerprint density at radius 1 is 1.00 bits per heavy atom. The minimum absolute atomic E-state index is 0.0351. The summed E-state index contributed by atoms with van der Waals surface area (Å²) in [5, 5.41) is 5.14. The van der Waals surface area contributed by atoms with Crippen LogP contribution in [0.4, 0.5) is 20.2 Å². The third-order valence-electron chi connectivity index (χ3n) is 3.91. The first-order valence-corrected chi connectivity index (χ1v) is 8.44. The largest absolute Gasteiger partial charge is 0.495 e. The number of methoxy groups -OCH3 is 1. The van der Waals surface area contributed by atoms with Crippen LogP contribution < -0.4 is 20.3 Å². The van der Waals surface area contributed by atoms with Gasteiger partial charge in [-0.15, -0.1) is 0 Å². The number of nitrogens with one attached hydrogen (secondary N) is 3.